The van der Waals surface area contributed by atoms with Crippen LogP contribution in [0.1, 0.15) is 39.5 Å². The van der Waals surface area contributed by atoms with Crippen molar-refractivity contribution in [3.8, 4) is 0 Å². The lowest BCUT2D eigenvalue weighted by Gasteiger charge is -2.35. The van der Waals surface area contributed by atoms with Crippen LogP contribution in [0.4, 0.5) is 0 Å². The van der Waals surface area contributed by atoms with E-state index >= 15 is 0 Å². The maximum Gasteiger partial charge on any atom is 0.157 e. The highest BCUT2D eigenvalue weighted by Crippen LogP contribution is 2.29. The van der Waals surface area contributed by atoms with Crippen LogP contribution in [-0.2, 0) is 0 Å². The van der Waals surface area contributed by atoms with E-state index in [9.17, 15) is 0 Å². The molecule has 0 amide bonds. The van der Waals surface area contributed by atoms with Gasteiger partial charge in [-0.05, 0) is 32.6 Å². The minimum absolute atomic E-state index is 0.305. The third-order valence-electron chi connectivity index (χ3n) is 2.93. The van der Waals surface area contributed by atoms with E-state index in [-0.39, 0.29) is 0 Å². The zero-order valence-electron chi connectivity index (χ0n) is 8.47. The van der Waals surface area contributed by atoms with Gasteiger partial charge in [-0.25, -0.2) is 0 Å². The Kier molecular flexibility index (Phi) is 2.54. The van der Waals surface area contributed by atoms with Crippen molar-refractivity contribution < 1.29 is 0 Å². The van der Waals surface area contributed by atoms with Crippen LogP contribution in [0.5, 0.6) is 0 Å². The second-order valence-electron chi connectivity index (χ2n) is 4.30. The summed E-state index contributed by atoms with van der Waals surface area (Å²) in [4.78, 5) is 4.66. The fourth-order valence-corrected chi connectivity index (χ4v) is 2.72. The summed E-state index contributed by atoms with van der Waals surface area (Å²) < 4.78 is 0. The van der Waals surface area contributed by atoms with Crippen LogP contribution in [0.15, 0.2) is 4.99 Å². The first-order valence-electron chi connectivity index (χ1n) is 5.21. The minimum Gasteiger partial charge on any atom is -0.360 e. The number of aliphatic imine (C=N–C) groups is 1. The third-order valence-corrected chi connectivity index (χ3v) is 3.82. The smallest absolute Gasteiger partial charge is 0.157 e. The van der Waals surface area contributed by atoms with Crippen LogP contribution in [0.2, 0.25) is 0 Å². The number of nitrogens with zero attached hydrogens (tertiary/aromatic N) is 1. The average Bonchev–Trinajstić information content (AvgIpc) is 2.89. The summed E-state index contributed by atoms with van der Waals surface area (Å²) in [6, 6.07) is 0.647. The van der Waals surface area contributed by atoms with E-state index in [2.05, 4.69) is 24.2 Å². The van der Waals surface area contributed by atoms with Gasteiger partial charge in [-0.3, -0.25) is 4.99 Å². The molecule has 74 valence electrons. The lowest BCUT2D eigenvalue weighted by Crippen LogP contribution is -2.48. The normalized spacial score (nSPS) is 37.5. The largest absolute Gasteiger partial charge is 0.360 e. The zero-order chi connectivity index (χ0) is 9.31. The molecule has 1 N–H and O–H groups in total. The molecule has 1 heterocycles. The molecule has 2 fully saturated rings. The number of rotatable bonds is 2. The Labute approximate surface area is 84.6 Å². The van der Waals surface area contributed by atoms with Crippen LogP contribution in [0, 0.1) is 0 Å². The Hall–Kier alpha value is -0.180. The summed E-state index contributed by atoms with van der Waals surface area (Å²) >= 11 is 1.89. The Morgan fingerprint density at radius 1 is 1.62 bits per heavy atom. The minimum atomic E-state index is 0.305. The van der Waals surface area contributed by atoms with Gasteiger partial charge in [0.25, 0.3) is 0 Å². The van der Waals surface area contributed by atoms with Crippen molar-refractivity contribution in [3.63, 3.8) is 0 Å². The molecule has 1 aliphatic heterocycles. The molecular formula is C10H18N2S. The van der Waals surface area contributed by atoms with Gasteiger partial charge in [0.05, 0.1) is 6.04 Å². The molecule has 0 aromatic carbocycles. The van der Waals surface area contributed by atoms with Crippen molar-refractivity contribution in [1.82, 2.24) is 5.32 Å². The first-order chi connectivity index (χ1) is 6.22. The number of amidine groups is 1. The molecule has 3 heteroatoms. The number of thioether (sulfide) groups is 1. The number of nitrogens with one attached hydrogen (secondary N) is 1. The number of hydrogen-bond donors (Lipinski definition) is 1. The highest BCUT2D eigenvalue weighted by atomic mass is 32.2. The lowest BCUT2D eigenvalue weighted by atomic mass is 9.96. The Balaban J connectivity index is 1.98. The van der Waals surface area contributed by atoms with Gasteiger partial charge in [0.2, 0.25) is 0 Å². The first kappa shape index (κ1) is 9.38. The molecule has 0 aromatic rings. The lowest BCUT2D eigenvalue weighted by molar-refractivity contribution is 0.390. The van der Waals surface area contributed by atoms with E-state index in [1.54, 1.807) is 0 Å². The Morgan fingerprint density at radius 2 is 2.38 bits per heavy atom. The Morgan fingerprint density at radius 3 is 3.00 bits per heavy atom. The van der Waals surface area contributed by atoms with Gasteiger partial charge < -0.3 is 5.32 Å². The SMILES string of the molecule is CCC1(C)CCSC(=NC2CC2)N1. The highest BCUT2D eigenvalue weighted by Gasteiger charge is 2.29. The van der Waals surface area contributed by atoms with Crippen LogP contribution in [0.25, 0.3) is 0 Å². The molecule has 1 saturated carbocycles. The standard InChI is InChI=1S/C10H18N2S/c1-3-10(2)6-7-13-9(12-10)11-8-4-5-8/h8H,3-7H2,1-2H3,(H,11,12). The first-order valence-corrected chi connectivity index (χ1v) is 6.19. The van der Waals surface area contributed by atoms with E-state index in [0.717, 1.165) is 0 Å². The van der Waals surface area contributed by atoms with Crippen molar-refractivity contribution >= 4 is 16.9 Å². The molecule has 2 nitrogen and oxygen atoms in total. The molecule has 2 rings (SSSR count). The van der Waals surface area contributed by atoms with Gasteiger partial charge in [0.1, 0.15) is 0 Å². The van der Waals surface area contributed by atoms with Crippen LogP contribution in [-0.4, -0.2) is 22.5 Å². The summed E-state index contributed by atoms with van der Waals surface area (Å²) in [5.74, 6) is 1.23. The molecule has 1 atom stereocenters. The van der Waals surface area contributed by atoms with E-state index in [4.69, 9.17) is 0 Å². The molecule has 0 bridgehead atoms. The van der Waals surface area contributed by atoms with E-state index in [0.29, 0.717) is 11.6 Å². The summed E-state index contributed by atoms with van der Waals surface area (Å²) in [7, 11) is 0. The number of hydrogen-bond acceptors (Lipinski definition) is 2. The van der Waals surface area contributed by atoms with Gasteiger partial charge >= 0.3 is 0 Å². The third kappa shape index (κ3) is 2.39. The molecular weight excluding hydrogens is 180 g/mol. The van der Waals surface area contributed by atoms with Crippen LogP contribution >= 0.6 is 11.8 Å². The maximum absolute atomic E-state index is 4.66. The van der Waals surface area contributed by atoms with Gasteiger partial charge in [0, 0.05) is 11.3 Å². The van der Waals surface area contributed by atoms with Gasteiger partial charge in [-0.2, -0.15) is 0 Å². The van der Waals surface area contributed by atoms with E-state index in [1.807, 2.05) is 11.8 Å². The van der Waals surface area contributed by atoms with Crippen LogP contribution < -0.4 is 5.32 Å². The van der Waals surface area contributed by atoms with E-state index < -0.39 is 0 Å². The summed E-state index contributed by atoms with van der Waals surface area (Å²) in [6.07, 6.45) is 5.05. The quantitative estimate of drug-likeness (QED) is 0.737. The van der Waals surface area contributed by atoms with E-state index in [1.165, 1.54) is 36.6 Å². The molecule has 0 aromatic heterocycles. The van der Waals surface area contributed by atoms with Gasteiger partial charge in [-0.1, -0.05) is 18.7 Å². The van der Waals surface area contributed by atoms with Crippen LogP contribution in [0.3, 0.4) is 0 Å². The van der Waals surface area contributed by atoms with Crippen molar-refractivity contribution in [3.05, 3.63) is 0 Å². The zero-order valence-corrected chi connectivity index (χ0v) is 9.28. The van der Waals surface area contributed by atoms with Gasteiger partial charge in [-0.15, -0.1) is 0 Å². The van der Waals surface area contributed by atoms with Crippen molar-refractivity contribution in [2.45, 2.75) is 51.1 Å². The molecule has 13 heavy (non-hydrogen) atoms. The predicted octanol–water partition coefficient (Wildman–Crippen LogP) is 2.40. The molecule has 1 aliphatic carbocycles. The maximum atomic E-state index is 4.66. The topological polar surface area (TPSA) is 24.4 Å². The molecule has 2 aliphatic rings. The predicted molar refractivity (Wildman–Crippen MR) is 59.4 cm³/mol. The molecule has 1 saturated heterocycles. The monoisotopic (exact) mass is 198 g/mol. The van der Waals surface area contributed by atoms with Gasteiger partial charge in [0.15, 0.2) is 5.17 Å². The fraction of sp³-hybridized carbons (Fsp3) is 0.900. The molecule has 0 spiro atoms. The molecule has 1 unspecified atom stereocenters. The summed E-state index contributed by atoms with van der Waals surface area (Å²) in [5, 5.41) is 4.76. The fourth-order valence-electron chi connectivity index (χ4n) is 1.43. The van der Waals surface area contributed by atoms with Crippen molar-refractivity contribution in [2.75, 3.05) is 5.75 Å². The second kappa shape index (κ2) is 3.52. The summed E-state index contributed by atoms with van der Waals surface area (Å²) in [5.41, 5.74) is 0.305. The van der Waals surface area contributed by atoms with Crippen molar-refractivity contribution in [1.29, 1.82) is 0 Å². The average molecular weight is 198 g/mol. The highest BCUT2D eigenvalue weighted by molar-refractivity contribution is 8.13. The second-order valence-corrected chi connectivity index (χ2v) is 5.39. The Bertz CT molecular complexity index is 223. The van der Waals surface area contributed by atoms with Crippen molar-refractivity contribution in [2.24, 2.45) is 4.99 Å². The summed E-state index contributed by atoms with van der Waals surface area (Å²) in [6.45, 7) is 4.55. The molecule has 0 radical (unpaired) electrons.